The van der Waals surface area contributed by atoms with Crippen LogP contribution in [-0.4, -0.2) is 5.11 Å². The van der Waals surface area contributed by atoms with Gasteiger partial charge in [-0.3, -0.25) is 0 Å². The number of phenolic OH excluding ortho intramolecular Hbond substituents is 1. The lowest BCUT2D eigenvalue weighted by atomic mass is 10.0. The first-order valence-corrected chi connectivity index (χ1v) is 5.94. The van der Waals surface area contributed by atoms with Crippen molar-refractivity contribution in [2.45, 2.75) is 6.54 Å². The molecule has 0 amide bonds. The highest BCUT2D eigenvalue weighted by Gasteiger charge is 2.09. The van der Waals surface area contributed by atoms with Crippen molar-refractivity contribution in [3.63, 3.8) is 0 Å². The van der Waals surface area contributed by atoms with Crippen LogP contribution in [0.4, 0.5) is 0 Å². The Morgan fingerprint density at radius 2 is 1.56 bits per heavy atom. The van der Waals surface area contributed by atoms with Gasteiger partial charge in [-0.1, -0.05) is 40.5 Å². The Bertz CT molecular complexity index is 559. The van der Waals surface area contributed by atoms with Gasteiger partial charge in [-0.2, -0.15) is 4.91 Å². The highest BCUT2D eigenvalue weighted by molar-refractivity contribution is 6.36. The molecule has 0 heterocycles. The Balaban J connectivity index is 2.47. The molecule has 0 fully saturated rings. The molecule has 2 aromatic rings. The van der Waals surface area contributed by atoms with Crippen molar-refractivity contribution in [2.75, 3.05) is 0 Å². The van der Waals surface area contributed by atoms with E-state index in [0.29, 0.717) is 15.6 Å². The fourth-order valence-electron chi connectivity index (χ4n) is 1.64. The Kier molecular flexibility index (Phi) is 3.84. The van der Waals surface area contributed by atoms with Gasteiger partial charge < -0.3 is 5.11 Å². The maximum absolute atomic E-state index is 10.3. The van der Waals surface area contributed by atoms with Gasteiger partial charge >= 0.3 is 0 Å². The van der Waals surface area contributed by atoms with Crippen molar-refractivity contribution in [1.29, 1.82) is 0 Å². The standard InChI is InChI=1S/C13H9Cl2NO2/c14-12-5-9(6-13(15)11(12)7-16-18)8-1-3-10(17)4-2-8/h1-6,17H,7H2. The minimum Gasteiger partial charge on any atom is -0.508 e. The summed E-state index contributed by atoms with van der Waals surface area (Å²) in [6.07, 6.45) is 0. The van der Waals surface area contributed by atoms with E-state index in [0.717, 1.165) is 11.1 Å². The smallest absolute Gasteiger partial charge is 0.115 e. The van der Waals surface area contributed by atoms with E-state index in [4.69, 9.17) is 23.2 Å². The van der Waals surface area contributed by atoms with Crippen molar-refractivity contribution >= 4 is 23.2 Å². The minimum absolute atomic E-state index is 0.0481. The van der Waals surface area contributed by atoms with Gasteiger partial charge in [0.2, 0.25) is 0 Å². The Morgan fingerprint density at radius 1 is 1.00 bits per heavy atom. The number of halogens is 2. The van der Waals surface area contributed by atoms with Crippen molar-refractivity contribution in [3.05, 3.63) is 56.9 Å². The van der Waals surface area contributed by atoms with Crippen LogP contribution in [0, 0.1) is 4.91 Å². The Labute approximate surface area is 114 Å². The average molecular weight is 282 g/mol. The number of phenols is 1. The minimum atomic E-state index is -0.0481. The van der Waals surface area contributed by atoms with E-state index in [1.165, 1.54) is 0 Å². The maximum Gasteiger partial charge on any atom is 0.115 e. The first-order valence-electron chi connectivity index (χ1n) is 5.18. The lowest BCUT2D eigenvalue weighted by molar-refractivity contribution is 0.475. The maximum atomic E-state index is 10.3. The average Bonchev–Trinajstić information content (AvgIpc) is 2.34. The zero-order chi connectivity index (χ0) is 13.1. The summed E-state index contributed by atoms with van der Waals surface area (Å²) in [5, 5.41) is 12.8. The molecule has 1 N–H and O–H groups in total. The molecular formula is C13H9Cl2NO2. The number of rotatable bonds is 3. The summed E-state index contributed by atoms with van der Waals surface area (Å²) in [5.74, 6) is 0.192. The van der Waals surface area contributed by atoms with Gasteiger partial charge in [0.15, 0.2) is 0 Å². The van der Waals surface area contributed by atoms with E-state index in [-0.39, 0.29) is 12.3 Å². The molecule has 0 aromatic heterocycles. The summed E-state index contributed by atoms with van der Waals surface area (Å²) < 4.78 is 0. The molecule has 0 aliphatic rings. The molecule has 5 heteroatoms. The summed E-state index contributed by atoms with van der Waals surface area (Å²) in [7, 11) is 0. The van der Waals surface area contributed by atoms with Gasteiger partial charge in [0.1, 0.15) is 12.3 Å². The number of nitrogens with zero attached hydrogens (tertiary/aromatic N) is 1. The highest BCUT2D eigenvalue weighted by Crippen LogP contribution is 2.32. The van der Waals surface area contributed by atoms with Crippen LogP contribution >= 0.6 is 23.2 Å². The Hall–Kier alpha value is -1.58. The second kappa shape index (κ2) is 5.38. The number of hydrogen-bond donors (Lipinski definition) is 1. The summed E-state index contributed by atoms with van der Waals surface area (Å²) in [6, 6.07) is 10.1. The van der Waals surface area contributed by atoms with E-state index in [9.17, 15) is 10.0 Å². The van der Waals surface area contributed by atoms with Crippen molar-refractivity contribution < 1.29 is 5.11 Å². The van der Waals surface area contributed by atoms with Crippen molar-refractivity contribution in [2.24, 2.45) is 5.18 Å². The highest BCUT2D eigenvalue weighted by atomic mass is 35.5. The Morgan fingerprint density at radius 3 is 2.06 bits per heavy atom. The molecule has 2 rings (SSSR count). The fourth-order valence-corrected chi connectivity index (χ4v) is 2.25. The molecule has 0 aliphatic carbocycles. The van der Waals surface area contributed by atoms with Crippen LogP contribution in [0.5, 0.6) is 5.75 Å². The van der Waals surface area contributed by atoms with E-state index < -0.39 is 0 Å². The van der Waals surface area contributed by atoms with Gasteiger partial charge in [0, 0.05) is 15.6 Å². The fraction of sp³-hybridized carbons (Fsp3) is 0.0769. The van der Waals surface area contributed by atoms with Gasteiger partial charge in [-0.25, -0.2) is 0 Å². The van der Waals surface area contributed by atoms with E-state index in [1.807, 2.05) is 0 Å². The molecule has 0 unspecified atom stereocenters. The molecule has 3 nitrogen and oxygen atoms in total. The molecule has 0 saturated carbocycles. The molecular weight excluding hydrogens is 273 g/mol. The summed E-state index contributed by atoms with van der Waals surface area (Å²) in [6.45, 7) is -0.0481. The van der Waals surface area contributed by atoms with E-state index in [1.54, 1.807) is 36.4 Å². The molecule has 0 atom stereocenters. The summed E-state index contributed by atoms with van der Waals surface area (Å²) >= 11 is 12.1. The van der Waals surface area contributed by atoms with Crippen LogP contribution in [0.1, 0.15) is 5.56 Å². The SMILES string of the molecule is O=NCc1c(Cl)cc(-c2ccc(O)cc2)cc1Cl. The monoisotopic (exact) mass is 281 g/mol. The predicted octanol–water partition coefficient (Wildman–Crippen LogP) is 4.63. The number of aromatic hydroxyl groups is 1. The van der Waals surface area contributed by atoms with Gasteiger partial charge in [0.05, 0.1) is 0 Å². The van der Waals surface area contributed by atoms with Gasteiger partial charge in [-0.15, -0.1) is 0 Å². The van der Waals surface area contributed by atoms with Crippen LogP contribution < -0.4 is 0 Å². The van der Waals surface area contributed by atoms with Crippen LogP contribution in [0.3, 0.4) is 0 Å². The number of benzene rings is 2. The third-order valence-electron chi connectivity index (χ3n) is 2.56. The van der Waals surface area contributed by atoms with Crippen LogP contribution in [0.2, 0.25) is 10.0 Å². The third-order valence-corrected chi connectivity index (χ3v) is 3.24. The third kappa shape index (κ3) is 2.63. The normalized spacial score (nSPS) is 10.3. The molecule has 0 saturated heterocycles. The quantitative estimate of drug-likeness (QED) is 0.834. The van der Waals surface area contributed by atoms with Gasteiger partial charge in [0.25, 0.3) is 0 Å². The lowest BCUT2D eigenvalue weighted by Gasteiger charge is -2.08. The van der Waals surface area contributed by atoms with Crippen molar-refractivity contribution in [3.8, 4) is 16.9 Å². The molecule has 18 heavy (non-hydrogen) atoms. The first kappa shape index (κ1) is 12.9. The summed E-state index contributed by atoms with van der Waals surface area (Å²) in [4.78, 5) is 10.3. The topological polar surface area (TPSA) is 49.7 Å². The van der Waals surface area contributed by atoms with E-state index in [2.05, 4.69) is 5.18 Å². The summed E-state index contributed by atoms with van der Waals surface area (Å²) in [5.41, 5.74) is 2.22. The number of nitroso groups, excluding NO2 is 1. The molecule has 0 radical (unpaired) electrons. The molecule has 0 bridgehead atoms. The first-order chi connectivity index (χ1) is 8.61. The molecule has 0 spiro atoms. The predicted molar refractivity (Wildman–Crippen MR) is 73.1 cm³/mol. The van der Waals surface area contributed by atoms with Crippen LogP contribution in [-0.2, 0) is 6.54 Å². The molecule has 0 aliphatic heterocycles. The van der Waals surface area contributed by atoms with Crippen LogP contribution in [0.25, 0.3) is 11.1 Å². The van der Waals surface area contributed by atoms with Crippen LogP contribution in [0.15, 0.2) is 41.6 Å². The molecule has 92 valence electrons. The lowest BCUT2D eigenvalue weighted by Crippen LogP contribution is -1.87. The zero-order valence-electron chi connectivity index (χ0n) is 9.23. The van der Waals surface area contributed by atoms with E-state index >= 15 is 0 Å². The second-order valence-corrected chi connectivity index (χ2v) is 4.57. The second-order valence-electron chi connectivity index (χ2n) is 3.75. The molecule has 2 aromatic carbocycles. The zero-order valence-corrected chi connectivity index (χ0v) is 10.7. The number of hydrogen-bond acceptors (Lipinski definition) is 3. The van der Waals surface area contributed by atoms with Crippen molar-refractivity contribution in [1.82, 2.24) is 0 Å². The van der Waals surface area contributed by atoms with Gasteiger partial charge in [-0.05, 0) is 35.4 Å². The largest absolute Gasteiger partial charge is 0.508 e.